The Morgan fingerprint density at radius 3 is 2.58 bits per heavy atom. The molecule has 1 saturated carbocycles. The number of nitrogens with zero attached hydrogens (tertiary/aromatic N) is 4. The first-order valence-corrected chi connectivity index (χ1v) is 6.95. The molecule has 2 N–H and O–H groups in total. The van der Waals surface area contributed by atoms with Gasteiger partial charge in [-0.2, -0.15) is 5.10 Å². The molecule has 0 aliphatic heterocycles. The maximum absolute atomic E-state index is 6.07. The van der Waals surface area contributed by atoms with E-state index >= 15 is 0 Å². The second-order valence-corrected chi connectivity index (χ2v) is 5.15. The third kappa shape index (κ3) is 2.59. The van der Waals surface area contributed by atoms with Crippen molar-refractivity contribution in [3.8, 4) is 11.4 Å². The molecule has 0 radical (unpaired) electrons. The van der Waals surface area contributed by atoms with Crippen LogP contribution in [-0.4, -0.2) is 19.7 Å². The average Bonchev–Trinajstić information content (AvgIpc) is 2.67. The van der Waals surface area contributed by atoms with E-state index in [-0.39, 0.29) is 0 Å². The average molecular weight is 257 g/mol. The molecule has 0 aromatic carbocycles. The predicted molar refractivity (Wildman–Crippen MR) is 74.4 cm³/mol. The minimum atomic E-state index is 0.482. The van der Waals surface area contributed by atoms with Gasteiger partial charge in [0.25, 0.3) is 0 Å². The van der Waals surface area contributed by atoms with Crippen LogP contribution in [0.1, 0.15) is 44.6 Å². The van der Waals surface area contributed by atoms with Crippen LogP contribution in [0.4, 0.5) is 5.69 Å². The number of nitrogen functional groups attached to an aromatic ring is 1. The monoisotopic (exact) mass is 257 g/mol. The number of aromatic nitrogens is 4. The second kappa shape index (κ2) is 5.38. The van der Waals surface area contributed by atoms with Gasteiger partial charge >= 0.3 is 0 Å². The van der Waals surface area contributed by atoms with E-state index in [1.807, 2.05) is 10.9 Å². The molecule has 0 bridgehead atoms. The van der Waals surface area contributed by atoms with Gasteiger partial charge in [0.15, 0.2) is 0 Å². The van der Waals surface area contributed by atoms with Crippen LogP contribution in [0.2, 0.25) is 0 Å². The molecule has 2 aromatic heterocycles. The summed E-state index contributed by atoms with van der Waals surface area (Å²) in [7, 11) is 0. The Morgan fingerprint density at radius 2 is 1.89 bits per heavy atom. The standard InChI is InChI=1S/C14H19N5/c15-12-10-19(11-5-3-1-2-4-6-11)18-14(12)13-9-16-7-8-17-13/h7-11H,1-6,15H2. The fourth-order valence-electron chi connectivity index (χ4n) is 2.74. The lowest BCUT2D eigenvalue weighted by atomic mass is 10.1. The molecule has 0 amide bonds. The van der Waals surface area contributed by atoms with Gasteiger partial charge in [-0.15, -0.1) is 0 Å². The van der Waals surface area contributed by atoms with Crippen LogP contribution in [-0.2, 0) is 0 Å². The molecule has 2 heterocycles. The third-order valence-electron chi connectivity index (χ3n) is 3.76. The Balaban J connectivity index is 1.88. The summed E-state index contributed by atoms with van der Waals surface area (Å²) >= 11 is 0. The summed E-state index contributed by atoms with van der Waals surface area (Å²) in [4.78, 5) is 8.34. The largest absolute Gasteiger partial charge is 0.396 e. The highest BCUT2D eigenvalue weighted by Gasteiger charge is 2.18. The summed E-state index contributed by atoms with van der Waals surface area (Å²) in [6.45, 7) is 0. The molecule has 0 unspecified atom stereocenters. The lowest BCUT2D eigenvalue weighted by molar-refractivity contribution is 0.406. The van der Waals surface area contributed by atoms with Crippen LogP contribution in [0.25, 0.3) is 11.4 Å². The van der Waals surface area contributed by atoms with Crippen LogP contribution in [0.3, 0.4) is 0 Å². The molecule has 2 aromatic rings. The van der Waals surface area contributed by atoms with Crippen molar-refractivity contribution in [2.75, 3.05) is 5.73 Å². The van der Waals surface area contributed by atoms with Crippen LogP contribution in [0.5, 0.6) is 0 Å². The highest BCUT2D eigenvalue weighted by Crippen LogP contribution is 2.30. The fourth-order valence-corrected chi connectivity index (χ4v) is 2.74. The molecule has 0 saturated heterocycles. The molecule has 1 aliphatic rings. The number of rotatable bonds is 2. The predicted octanol–water partition coefficient (Wildman–Crippen LogP) is 2.82. The Hall–Kier alpha value is -1.91. The minimum absolute atomic E-state index is 0.482. The Kier molecular flexibility index (Phi) is 3.44. The van der Waals surface area contributed by atoms with E-state index < -0.39 is 0 Å². The van der Waals surface area contributed by atoms with Crippen molar-refractivity contribution in [2.24, 2.45) is 0 Å². The van der Waals surface area contributed by atoms with Crippen molar-refractivity contribution in [1.82, 2.24) is 19.7 Å². The molecule has 5 nitrogen and oxygen atoms in total. The van der Waals surface area contributed by atoms with Crippen molar-refractivity contribution >= 4 is 5.69 Å². The van der Waals surface area contributed by atoms with Gasteiger partial charge in [-0.3, -0.25) is 14.6 Å². The molecule has 1 aliphatic carbocycles. The van der Waals surface area contributed by atoms with Gasteiger partial charge in [0.1, 0.15) is 11.4 Å². The summed E-state index contributed by atoms with van der Waals surface area (Å²) in [5, 5.41) is 4.63. The normalized spacial score (nSPS) is 17.3. The van der Waals surface area contributed by atoms with Gasteiger partial charge < -0.3 is 5.73 Å². The van der Waals surface area contributed by atoms with E-state index in [0.717, 1.165) is 11.4 Å². The molecule has 1 fully saturated rings. The van der Waals surface area contributed by atoms with Crippen LogP contribution in [0.15, 0.2) is 24.8 Å². The molecule has 100 valence electrons. The first kappa shape index (κ1) is 12.1. The van der Waals surface area contributed by atoms with Crippen LogP contribution >= 0.6 is 0 Å². The van der Waals surface area contributed by atoms with Crippen molar-refractivity contribution in [1.29, 1.82) is 0 Å². The fraction of sp³-hybridized carbons (Fsp3) is 0.500. The van der Waals surface area contributed by atoms with Crippen LogP contribution in [0, 0.1) is 0 Å². The third-order valence-corrected chi connectivity index (χ3v) is 3.76. The Morgan fingerprint density at radius 1 is 1.11 bits per heavy atom. The SMILES string of the molecule is Nc1cn(C2CCCCCC2)nc1-c1cnccn1. The highest BCUT2D eigenvalue weighted by molar-refractivity contribution is 5.68. The summed E-state index contributed by atoms with van der Waals surface area (Å²) in [5.74, 6) is 0. The van der Waals surface area contributed by atoms with E-state index in [0.29, 0.717) is 11.7 Å². The van der Waals surface area contributed by atoms with Gasteiger partial charge in [0.05, 0.1) is 17.9 Å². The number of hydrogen-bond donors (Lipinski definition) is 1. The van der Waals surface area contributed by atoms with Gasteiger partial charge in [0.2, 0.25) is 0 Å². The zero-order chi connectivity index (χ0) is 13.1. The zero-order valence-electron chi connectivity index (χ0n) is 11.0. The van der Waals surface area contributed by atoms with Gasteiger partial charge in [-0.25, -0.2) is 0 Å². The molecule has 19 heavy (non-hydrogen) atoms. The maximum Gasteiger partial charge on any atom is 0.135 e. The van der Waals surface area contributed by atoms with Gasteiger partial charge in [-0.1, -0.05) is 25.7 Å². The Bertz CT molecular complexity index is 526. The topological polar surface area (TPSA) is 69.6 Å². The first-order chi connectivity index (χ1) is 9.34. The molecule has 5 heteroatoms. The molecule has 0 spiro atoms. The minimum Gasteiger partial charge on any atom is -0.396 e. The molecule has 3 rings (SSSR count). The van der Waals surface area contributed by atoms with E-state index in [2.05, 4.69) is 15.1 Å². The van der Waals surface area contributed by atoms with Crippen molar-refractivity contribution in [2.45, 2.75) is 44.6 Å². The summed E-state index contributed by atoms with van der Waals surface area (Å²) in [5.41, 5.74) is 8.24. The first-order valence-electron chi connectivity index (χ1n) is 6.95. The van der Waals surface area contributed by atoms with Crippen molar-refractivity contribution < 1.29 is 0 Å². The van der Waals surface area contributed by atoms with Gasteiger partial charge in [0, 0.05) is 18.6 Å². The quantitative estimate of drug-likeness (QED) is 0.840. The van der Waals surface area contributed by atoms with E-state index in [1.54, 1.807) is 18.6 Å². The number of anilines is 1. The molecule has 0 atom stereocenters. The van der Waals surface area contributed by atoms with Crippen LogP contribution < -0.4 is 5.73 Å². The lowest BCUT2D eigenvalue weighted by Crippen LogP contribution is -2.08. The van der Waals surface area contributed by atoms with E-state index in [9.17, 15) is 0 Å². The van der Waals surface area contributed by atoms with Crippen molar-refractivity contribution in [3.05, 3.63) is 24.8 Å². The summed E-state index contributed by atoms with van der Waals surface area (Å²) < 4.78 is 2.03. The molecular formula is C14H19N5. The summed E-state index contributed by atoms with van der Waals surface area (Å²) in [6.07, 6.45) is 14.6. The second-order valence-electron chi connectivity index (χ2n) is 5.15. The van der Waals surface area contributed by atoms with E-state index in [1.165, 1.54) is 38.5 Å². The number of nitrogens with two attached hydrogens (primary N) is 1. The smallest absolute Gasteiger partial charge is 0.135 e. The molecular weight excluding hydrogens is 238 g/mol. The highest BCUT2D eigenvalue weighted by atomic mass is 15.3. The number of hydrogen-bond acceptors (Lipinski definition) is 4. The van der Waals surface area contributed by atoms with Crippen molar-refractivity contribution in [3.63, 3.8) is 0 Å². The van der Waals surface area contributed by atoms with E-state index in [4.69, 9.17) is 5.73 Å². The maximum atomic E-state index is 6.07. The zero-order valence-corrected chi connectivity index (χ0v) is 11.0. The lowest BCUT2D eigenvalue weighted by Gasteiger charge is -2.14. The van der Waals surface area contributed by atoms with Gasteiger partial charge in [-0.05, 0) is 12.8 Å². The summed E-state index contributed by atoms with van der Waals surface area (Å²) in [6, 6.07) is 0.482. The Labute approximate surface area is 112 Å².